The molecule has 0 saturated carbocycles. The van der Waals surface area contributed by atoms with Crippen LogP contribution in [0.3, 0.4) is 0 Å². The molecule has 1 heterocycles. The van der Waals surface area contributed by atoms with E-state index in [4.69, 9.17) is 0 Å². The molecule has 5 heteroatoms. The van der Waals surface area contributed by atoms with Gasteiger partial charge in [0.25, 0.3) is 0 Å². The summed E-state index contributed by atoms with van der Waals surface area (Å²) in [5.74, 6) is -1.30. The normalized spacial score (nSPS) is 33.8. The predicted molar refractivity (Wildman–Crippen MR) is 42.5 cm³/mol. The zero-order chi connectivity index (χ0) is 10.1. The third-order valence-corrected chi connectivity index (χ3v) is 2.63. The van der Waals surface area contributed by atoms with Crippen molar-refractivity contribution in [3.8, 4) is 0 Å². The van der Waals surface area contributed by atoms with Gasteiger partial charge in [0.15, 0.2) is 0 Å². The number of esters is 1. The van der Waals surface area contributed by atoms with Gasteiger partial charge in [-0.2, -0.15) is 0 Å². The number of halogens is 2. The molecule has 76 valence electrons. The largest absolute Gasteiger partial charge is 0.469 e. The zero-order valence-electron chi connectivity index (χ0n) is 7.64. The van der Waals surface area contributed by atoms with Gasteiger partial charge in [0, 0.05) is 13.1 Å². The number of ether oxygens (including phenoxy) is 1. The van der Waals surface area contributed by atoms with Crippen LogP contribution in [0, 0.1) is 11.3 Å². The molecule has 1 rings (SSSR count). The van der Waals surface area contributed by atoms with Gasteiger partial charge in [0.1, 0.15) is 0 Å². The number of hydrogen-bond donors (Lipinski definition) is 1. The molecule has 3 nitrogen and oxygen atoms in total. The second-order valence-electron chi connectivity index (χ2n) is 3.51. The molecule has 2 atom stereocenters. The summed E-state index contributed by atoms with van der Waals surface area (Å²) in [5.41, 5.74) is -1.28. The van der Waals surface area contributed by atoms with Crippen LogP contribution in [0.15, 0.2) is 0 Å². The van der Waals surface area contributed by atoms with E-state index in [0.717, 1.165) is 0 Å². The van der Waals surface area contributed by atoms with Gasteiger partial charge in [0.05, 0.1) is 18.4 Å². The third-order valence-electron chi connectivity index (χ3n) is 2.63. The van der Waals surface area contributed by atoms with E-state index < -0.39 is 23.7 Å². The van der Waals surface area contributed by atoms with Crippen LogP contribution in [0.25, 0.3) is 0 Å². The Kier molecular flexibility index (Phi) is 2.85. The topological polar surface area (TPSA) is 38.3 Å². The highest BCUT2D eigenvalue weighted by Crippen LogP contribution is 2.37. The number of nitrogens with one attached hydrogen (secondary N) is 1. The van der Waals surface area contributed by atoms with E-state index in [1.165, 1.54) is 14.0 Å². The zero-order valence-corrected chi connectivity index (χ0v) is 7.64. The highest BCUT2D eigenvalue weighted by Gasteiger charge is 2.50. The first kappa shape index (κ1) is 10.4. The fourth-order valence-electron chi connectivity index (χ4n) is 1.57. The van der Waals surface area contributed by atoms with E-state index in [0.29, 0.717) is 0 Å². The van der Waals surface area contributed by atoms with E-state index in [-0.39, 0.29) is 13.1 Å². The summed E-state index contributed by atoms with van der Waals surface area (Å²) in [6.45, 7) is 1.83. The van der Waals surface area contributed by atoms with Crippen LogP contribution >= 0.6 is 0 Å². The van der Waals surface area contributed by atoms with Crippen molar-refractivity contribution in [1.82, 2.24) is 5.32 Å². The molecule has 1 saturated heterocycles. The molecular formula is C8H13F2NO2. The van der Waals surface area contributed by atoms with Gasteiger partial charge < -0.3 is 10.1 Å². The van der Waals surface area contributed by atoms with Gasteiger partial charge in [-0.1, -0.05) is 6.92 Å². The van der Waals surface area contributed by atoms with Crippen molar-refractivity contribution in [3.63, 3.8) is 0 Å². The summed E-state index contributed by atoms with van der Waals surface area (Å²) in [4.78, 5) is 11.1. The molecule has 0 radical (unpaired) electrons. The molecule has 13 heavy (non-hydrogen) atoms. The quantitative estimate of drug-likeness (QED) is 0.654. The summed E-state index contributed by atoms with van der Waals surface area (Å²) in [7, 11) is 1.21. The van der Waals surface area contributed by atoms with Crippen molar-refractivity contribution < 1.29 is 18.3 Å². The first-order valence-electron chi connectivity index (χ1n) is 4.09. The van der Waals surface area contributed by atoms with Crippen LogP contribution in [-0.4, -0.2) is 32.6 Å². The Morgan fingerprint density at radius 2 is 2.31 bits per heavy atom. The van der Waals surface area contributed by atoms with Crippen molar-refractivity contribution in [2.75, 3.05) is 20.2 Å². The smallest absolute Gasteiger partial charge is 0.310 e. The minimum atomic E-state index is -2.51. The maximum atomic E-state index is 12.6. The fourth-order valence-corrected chi connectivity index (χ4v) is 1.57. The Balaban J connectivity index is 2.79. The van der Waals surface area contributed by atoms with Crippen LogP contribution < -0.4 is 5.32 Å². The highest BCUT2D eigenvalue weighted by atomic mass is 19.3. The second-order valence-corrected chi connectivity index (χ2v) is 3.51. The van der Waals surface area contributed by atoms with Crippen molar-refractivity contribution >= 4 is 5.97 Å². The van der Waals surface area contributed by atoms with Gasteiger partial charge in [0.2, 0.25) is 6.43 Å². The standard InChI is InChI=1S/C8H13F2NO2/c1-8(7(9)10)4-11-3-5(8)6(12)13-2/h5,7,11H,3-4H2,1-2H3. The Morgan fingerprint density at radius 1 is 1.69 bits per heavy atom. The molecule has 0 aromatic heterocycles. The third kappa shape index (κ3) is 1.65. The van der Waals surface area contributed by atoms with Gasteiger partial charge in [-0.15, -0.1) is 0 Å². The minimum Gasteiger partial charge on any atom is -0.469 e. The molecule has 0 aromatic carbocycles. The van der Waals surface area contributed by atoms with Crippen LogP contribution in [0.2, 0.25) is 0 Å². The van der Waals surface area contributed by atoms with Gasteiger partial charge in [-0.3, -0.25) is 4.79 Å². The molecule has 0 amide bonds. The summed E-state index contributed by atoms with van der Waals surface area (Å²) in [5, 5.41) is 2.78. The Hall–Kier alpha value is -0.710. The molecule has 1 fully saturated rings. The number of carbonyl (C=O) groups excluding carboxylic acids is 1. The molecular weight excluding hydrogens is 180 g/mol. The Morgan fingerprint density at radius 3 is 2.77 bits per heavy atom. The number of methoxy groups -OCH3 is 1. The van der Waals surface area contributed by atoms with Gasteiger partial charge >= 0.3 is 5.97 Å². The first-order chi connectivity index (χ1) is 6.02. The van der Waals surface area contributed by atoms with Crippen LogP contribution in [-0.2, 0) is 9.53 Å². The van der Waals surface area contributed by atoms with Crippen LogP contribution in [0.1, 0.15) is 6.92 Å². The monoisotopic (exact) mass is 193 g/mol. The van der Waals surface area contributed by atoms with Crippen LogP contribution in [0.5, 0.6) is 0 Å². The minimum absolute atomic E-state index is 0.157. The maximum Gasteiger partial charge on any atom is 0.310 e. The summed E-state index contributed by atoms with van der Waals surface area (Å²) in [6.07, 6.45) is -2.51. The van der Waals surface area contributed by atoms with E-state index in [9.17, 15) is 13.6 Å². The molecule has 0 aliphatic carbocycles. The molecule has 2 unspecified atom stereocenters. The van der Waals surface area contributed by atoms with Crippen molar-refractivity contribution in [2.45, 2.75) is 13.3 Å². The van der Waals surface area contributed by atoms with Crippen LogP contribution in [0.4, 0.5) is 8.78 Å². The lowest BCUT2D eigenvalue weighted by Gasteiger charge is -2.27. The summed E-state index contributed by atoms with van der Waals surface area (Å²) >= 11 is 0. The van der Waals surface area contributed by atoms with Crippen molar-refractivity contribution in [3.05, 3.63) is 0 Å². The van der Waals surface area contributed by atoms with Crippen molar-refractivity contribution in [1.29, 1.82) is 0 Å². The summed E-state index contributed by atoms with van der Waals surface area (Å²) in [6, 6.07) is 0. The number of hydrogen-bond acceptors (Lipinski definition) is 3. The van der Waals surface area contributed by atoms with E-state index in [2.05, 4.69) is 10.1 Å². The summed E-state index contributed by atoms with van der Waals surface area (Å²) < 4.78 is 29.7. The SMILES string of the molecule is COC(=O)C1CNCC1(C)C(F)F. The molecule has 1 aliphatic heterocycles. The molecule has 1 aliphatic rings. The molecule has 0 bridgehead atoms. The maximum absolute atomic E-state index is 12.6. The average molecular weight is 193 g/mol. The second kappa shape index (κ2) is 3.57. The van der Waals surface area contributed by atoms with E-state index in [1.54, 1.807) is 0 Å². The molecule has 1 N–H and O–H groups in total. The lowest BCUT2D eigenvalue weighted by atomic mass is 9.80. The predicted octanol–water partition coefficient (Wildman–Crippen LogP) is 0.650. The van der Waals surface area contributed by atoms with Gasteiger partial charge in [-0.05, 0) is 0 Å². The number of alkyl halides is 2. The van der Waals surface area contributed by atoms with E-state index in [1.807, 2.05) is 0 Å². The first-order valence-corrected chi connectivity index (χ1v) is 4.09. The average Bonchev–Trinajstić information content (AvgIpc) is 2.47. The van der Waals surface area contributed by atoms with Gasteiger partial charge in [-0.25, -0.2) is 8.78 Å². The molecule has 0 spiro atoms. The lowest BCUT2D eigenvalue weighted by molar-refractivity contribution is -0.152. The van der Waals surface area contributed by atoms with Crippen molar-refractivity contribution in [2.24, 2.45) is 11.3 Å². The number of rotatable bonds is 2. The lowest BCUT2D eigenvalue weighted by Crippen LogP contribution is -2.39. The highest BCUT2D eigenvalue weighted by molar-refractivity contribution is 5.74. The van der Waals surface area contributed by atoms with E-state index >= 15 is 0 Å². The Bertz CT molecular complexity index is 210. The Labute approximate surface area is 75.4 Å². The number of carbonyl (C=O) groups is 1. The molecule has 0 aromatic rings. The fraction of sp³-hybridized carbons (Fsp3) is 0.875.